The average molecular weight is 368 g/mol. The number of amides is 1. The molecule has 0 saturated carbocycles. The second-order valence-electron chi connectivity index (χ2n) is 7.14. The standard InChI is InChI=1S/C20H21FN4O2/c1-10(2)16-8-14(17-11(3)25-27-20(17)24-16)19(26)23-15-5-4-12-9-22-7-6-13(12)18(15)21/h4-5,8,10,22H,6-7,9H2,1-3H3,(H,23,26). The van der Waals surface area contributed by atoms with E-state index in [2.05, 4.69) is 20.8 Å². The first-order chi connectivity index (χ1) is 13.0. The van der Waals surface area contributed by atoms with Crippen LogP contribution in [0.5, 0.6) is 0 Å². The van der Waals surface area contributed by atoms with E-state index < -0.39 is 5.91 Å². The summed E-state index contributed by atoms with van der Waals surface area (Å²) in [6.45, 7) is 7.09. The predicted octanol–water partition coefficient (Wildman–Crippen LogP) is 3.69. The number of pyridine rings is 1. The van der Waals surface area contributed by atoms with E-state index in [-0.39, 0.29) is 17.4 Å². The van der Waals surface area contributed by atoms with Crippen LogP contribution in [0.3, 0.4) is 0 Å². The van der Waals surface area contributed by atoms with Crippen molar-refractivity contribution in [2.45, 2.75) is 39.7 Å². The lowest BCUT2D eigenvalue weighted by Gasteiger charge is -2.19. The minimum atomic E-state index is -0.400. The van der Waals surface area contributed by atoms with Crippen LogP contribution >= 0.6 is 0 Å². The van der Waals surface area contributed by atoms with E-state index in [0.717, 1.165) is 17.8 Å². The molecule has 6 nitrogen and oxygen atoms in total. The van der Waals surface area contributed by atoms with Gasteiger partial charge in [-0.3, -0.25) is 4.79 Å². The van der Waals surface area contributed by atoms with Crippen LogP contribution in [-0.4, -0.2) is 22.6 Å². The summed E-state index contributed by atoms with van der Waals surface area (Å²) in [5, 5.41) is 10.4. The Bertz CT molecular complexity index is 1040. The van der Waals surface area contributed by atoms with Gasteiger partial charge in [0.2, 0.25) is 0 Å². The molecule has 1 aliphatic heterocycles. The number of carbonyl (C=O) groups excluding carboxylic acids is 1. The topological polar surface area (TPSA) is 80.0 Å². The maximum absolute atomic E-state index is 14.9. The van der Waals surface area contributed by atoms with Crippen LogP contribution in [0.4, 0.5) is 10.1 Å². The van der Waals surface area contributed by atoms with Crippen LogP contribution in [-0.2, 0) is 13.0 Å². The molecule has 0 unspecified atom stereocenters. The summed E-state index contributed by atoms with van der Waals surface area (Å²) in [4.78, 5) is 17.4. The second-order valence-corrected chi connectivity index (χ2v) is 7.14. The maximum Gasteiger partial charge on any atom is 0.259 e. The Balaban J connectivity index is 1.74. The molecule has 0 spiro atoms. The monoisotopic (exact) mass is 368 g/mol. The highest BCUT2D eigenvalue weighted by Crippen LogP contribution is 2.28. The van der Waals surface area contributed by atoms with Crippen LogP contribution in [0.2, 0.25) is 0 Å². The lowest BCUT2D eigenvalue weighted by molar-refractivity contribution is 0.102. The van der Waals surface area contributed by atoms with Gasteiger partial charge >= 0.3 is 0 Å². The molecule has 1 aliphatic rings. The van der Waals surface area contributed by atoms with Gasteiger partial charge in [-0.1, -0.05) is 25.1 Å². The van der Waals surface area contributed by atoms with Crippen molar-refractivity contribution in [3.8, 4) is 0 Å². The molecule has 3 heterocycles. The van der Waals surface area contributed by atoms with Crippen molar-refractivity contribution < 1.29 is 13.7 Å². The zero-order valence-electron chi connectivity index (χ0n) is 15.5. The molecule has 1 amide bonds. The minimum absolute atomic E-state index is 0.110. The molecule has 2 N–H and O–H groups in total. The first-order valence-corrected chi connectivity index (χ1v) is 9.05. The molecule has 0 fully saturated rings. The van der Waals surface area contributed by atoms with Crippen molar-refractivity contribution in [1.29, 1.82) is 0 Å². The number of nitrogens with zero attached hydrogens (tertiary/aromatic N) is 2. The molecular weight excluding hydrogens is 347 g/mol. The van der Waals surface area contributed by atoms with Gasteiger partial charge in [-0.25, -0.2) is 9.37 Å². The second kappa shape index (κ2) is 6.74. The van der Waals surface area contributed by atoms with E-state index in [9.17, 15) is 9.18 Å². The Kier molecular flexibility index (Phi) is 4.39. The van der Waals surface area contributed by atoms with Crippen molar-refractivity contribution in [2.24, 2.45) is 0 Å². The van der Waals surface area contributed by atoms with E-state index in [1.165, 1.54) is 0 Å². The molecular formula is C20H21FN4O2. The maximum atomic E-state index is 14.9. The first kappa shape index (κ1) is 17.6. The molecule has 0 atom stereocenters. The van der Waals surface area contributed by atoms with Crippen LogP contribution in [0.15, 0.2) is 22.7 Å². The quantitative estimate of drug-likeness (QED) is 0.737. The van der Waals surface area contributed by atoms with Gasteiger partial charge in [-0.15, -0.1) is 0 Å². The van der Waals surface area contributed by atoms with Crippen LogP contribution < -0.4 is 10.6 Å². The summed E-state index contributed by atoms with van der Waals surface area (Å²) in [6, 6.07) is 5.20. The number of aryl methyl sites for hydroxylation is 1. The van der Waals surface area contributed by atoms with Crippen molar-refractivity contribution in [1.82, 2.24) is 15.5 Å². The number of fused-ring (bicyclic) bond motifs is 2. The molecule has 3 aromatic rings. The molecule has 0 aliphatic carbocycles. The number of rotatable bonds is 3. The van der Waals surface area contributed by atoms with E-state index in [4.69, 9.17) is 4.52 Å². The summed E-state index contributed by atoms with van der Waals surface area (Å²) in [7, 11) is 0. The summed E-state index contributed by atoms with van der Waals surface area (Å²) in [5.41, 5.74) is 3.79. The molecule has 0 saturated heterocycles. The molecule has 7 heteroatoms. The average Bonchev–Trinajstić information content (AvgIpc) is 3.04. The number of anilines is 1. The number of halogens is 1. The van der Waals surface area contributed by atoms with Crippen LogP contribution in [0, 0.1) is 12.7 Å². The largest absolute Gasteiger partial charge is 0.336 e. The fourth-order valence-corrected chi connectivity index (χ4v) is 3.41. The number of benzene rings is 1. The Morgan fingerprint density at radius 3 is 2.96 bits per heavy atom. The Hall–Kier alpha value is -2.80. The van der Waals surface area contributed by atoms with E-state index in [0.29, 0.717) is 40.9 Å². The van der Waals surface area contributed by atoms with E-state index in [1.807, 2.05) is 19.9 Å². The third-order valence-corrected chi connectivity index (χ3v) is 4.93. The first-order valence-electron chi connectivity index (χ1n) is 9.05. The van der Waals surface area contributed by atoms with Gasteiger partial charge in [0.05, 0.1) is 22.3 Å². The van der Waals surface area contributed by atoms with Crippen LogP contribution in [0.25, 0.3) is 11.1 Å². The third kappa shape index (κ3) is 3.08. The smallest absolute Gasteiger partial charge is 0.259 e. The Morgan fingerprint density at radius 2 is 2.19 bits per heavy atom. The number of hydrogen-bond acceptors (Lipinski definition) is 5. The highest BCUT2D eigenvalue weighted by atomic mass is 19.1. The SMILES string of the molecule is Cc1noc2nc(C(C)C)cc(C(=O)Nc3ccc4c(c3F)CCNC4)c12. The molecule has 140 valence electrons. The molecule has 2 aromatic heterocycles. The van der Waals surface area contributed by atoms with E-state index >= 15 is 0 Å². The molecule has 1 aromatic carbocycles. The molecule has 0 radical (unpaired) electrons. The molecule has 4 rings (SSSR count). The van der Waals surface area contributed by atoms with Gasteiger partial charge in [-0.2, -0.15) is 0 Å². The molecule has 27 heavy (non-hydrogen) atoms. The normalized spacial score (nSPS) is 13.8. The lowest BCUT2D eigenvalue weighted by Crippen LogP contribution is -2.25. The van der Waals surface area contributed by atoms with E-state index in [1.54, 1.807) is 19.1 Å². The van der Waals surface area contributed by atoms with Gasteiger partial charge in [-0.05, 0) is 49.1 Å². The van der Waals surface area contributed by atoms with Gasteiger partial charge < -0.3 is 15.2 Å². The Labute approximate surface area is 156 Å². The summed E-state index contributed by atoms with van der Waals surface area (Å²) < 4.78 is 20.1. The van der Waals surface area contributed by atoms with Gasteiger partial charge in [0.25, 0.3) is 11.6 Å². The summed E-state index contributed by atoms with van der Waals surface area (Å²) >= 11 is 0. The van der Waals surface area contributed by atoms with Crippen molar-refractivity contribution in [3.63, 3.8) is 0 Å². The van der Waals surface area contributed by atoms with Crippen molar-refractivity contribution in [2.75, 3.05) is 11.9 Å². The Morgan fingerprint density at radius 1 is 1.37 bits per heavy atom. The number of hydrogen-bond donors (Lipinski definition) is 2. The summed E-state index contributed by atoms with van der Waals surface area (Å²) in [6.07, 6.45) is 0.604. The number of nitrogens with one attached hydrogen (secondary N) is 2. The van der Waals surface area contributed by atoms with Gasteiger partial charge in [0, 0.05) is 12.2 Å². The summed E-state index contributed by atoms with van der Waals surface area (Å²) in [5.74, 6) is -0.651. The van der Waals surface area contributed by atoms with Gasteiger partial charge in [0.15, 0.2) is 0 Å². The van der Waals surface area contributed by atoms with Gasteiger partial charge in [0.1, 0.15) is 5.82 Å². The molecule has 0 bridgehead atoms. The number of aromatic nitrogens is 2. The predicted molar refractivity (Wildman–Crippen MR) is 100 cm³/mol. The lowest BCUT2D eigenvalue weighted by atomic mass is 9.99. The fraction of sp³-hybridized carbons (Fsp3) is 0.350. The van der Waals surface area contributed by atoms with Crippen molar-refractivity contribution >= 4 is 22.7 Å². The highest BCUT2D eigenvalue weighted by Gasteiger charge is 2.22. The highest BCUT2D eigenvalue weighted by molar-refractivity contribution is 6.12. The van der Waals surface area contributed by atoms with Crippen molar-refractivity contribution in [3.05, 3.63) is 52.1 Å². The third-order valence-electron chi connectivity index (χ3n) is 4.93. The fourth-order valence-electron chi connectivity index (χ4n) is 3.41. The number of carbonyl (C=O) groups is 1. The van der Waals surface area contributed by atoms with Crippen LogP contribution in [0.1, 0.15) is 52.6 Å². The zero-order valence-corrected chi connectivity index (χ0v) is 15.5. The minimum Gasteiger partial charge on any atom is -0.336 e. The zero-order chi connectivity index (χ0) is 19.1.